The molecule has 5 heteroatoms. The molecule has 0 saturated carbocycles. The average Bonchev–Trinajstić information content (AvgIpc) is 2.65. The number of hydrogen-bond donors (Lipinski definition) is 0. The maximum Gasteiger partial charge on any atom is 0.254 e. The van der Waals surface area contributed by atoms with Crippen LogP contribution >= 0.6 is 0 Å². The number of nitrogens with zero attached hydrogens (tertiary/aromatic N) is 2. The predicted octanol–water partition coefficient (Wildman–Crippen LogP) is 3.28. The minimum absolute atomic E-state index is 0.0846. The number of fused-ring (bicyclic) bond motifs is 1. The van der Waals surface area contributed by atoms with Gasteiger partial charge in [0.05, 0.1) is 18.6 Å². The number of aromatic nitrogens is 1. The van der Waals surface area contributed by atoms with Crippen molar-refractivity contribution in [2.75, 3.05) is 32.9 Å². The lowest BCUT2D eigenvalue weighted by molar-refractivity contribution is -0.167. The first-order valence-electron chi connectivity index (χ1n) is 9.55. The van der Waals surface area contributed by atoms with Gasteiger partial charge in [0, 0.05) is 37.0 Å². The Morgan fingerprint density at radius 1 is 1.38 bits per heavy atom. The van der Waals surface area contributed by atoms with Gasteiger partial charge in [-0.3, -0.25) is 9.78 Å². The molecule has 0 aliphatic carbocycles. The van der Waals surface area contributed by atoms with E-state index >= 15 is 0 Å². The number of amides is 1. The standard InChI is InChI=1S/C21H26N2O3/c1-2-25-10-7-16-8-11-26-21(13-16)14-23(15-21)20(24)18-5-6-19-17(12-18)4-3-9-22-19/h3-6,9,12,16H,2,7-8,10-11,13-15H2,1H3. The number of hydrogen-bond acceptors (Lipinski definition) is 4. The topological polar surface area (TPSA) is 51.7 Å². The predicted molar refractivity (Wildman–Crippen MR) is 100 cm³/mol. The van der Waals surface area contributed by atoms with Crippen LogP contribution in [0.3, 0.4) is 0 Å². The van der Waals surface area contributed by atoms with E-state index in [1.807, 2.05) is 42.2 Å². The molecule has 1 amide bonds. The van der Waals surface area contributed by atoms with Crippen LogP contribution in [0.25, 0.3) is 10.9 Å². The van der Waals surface area contributed by atoms with Gasteiger partial charge in [0.1, 0.15) is 5.60 Å². The highest BCUT2D eigenvalue weighted by Gasteiger charge is 2.49. The van der Waals surface area contributed by atoms with Crippen molar-refractivity contribution < 1.29 is 14.3 Å². The van der Waals surface area contributed by atoms with Crippen molar-refractivity contribution in [1.29, 1.82) is 0 Å². The maximum atomic E-state index is 12.8. The van der Waals surface area contributed by atoms with E-state index < -0.39 is 0 Å². The number of carbonyl (C=O) groups excluding carboxylic acids is 1. The molecule has 0 N–H and O–H groups in total. The lowest BCUT2D eigenvalue weighted by Crippen LogP contribution is -2.66. The molecular weight excluding hydrogens is 328 g/mol. The minimum atomic E-state index is -0.136. The van der Waals surface area contributed by atoms with E-state index in [0.29, 0.717) is 19.0 Å². The number of benzene rings is 1. The Hall–Kier alpha value is -1.98. The quantitative estimate of drug-likeness (QED) is 0.773. The Kier molecular flexibility index (Phi) is 4.92. The molecule has 0 radical (unpaired) electrons. The number of pyridine rings is 1. The van der Waals surface area contributed by atoms with Gasteiger partial charge in [0.15, 0.2) is 0 Å². The van der Waals surface area contributed by atoms with Gasteiger partial charge in [-0.1, -0.05) is 6.07 Å². The van der Waals surface area contributed by atoms with Crippen molar-refractivity contribution >= 4 is 16.8 Å². The first kappa shape index (κ1) is 17.4. The fourth-order valence-electron chi connectivity index (χ4n) is 4.17. The Morgan fingerprint density at radius 2 is 2.27 bits per heavy atom. The third kappa shape index (κ3) is 3.46. The van der Waals surface area contributed by atoms with Gasteiger partial charge in [-0.05, 0) is 56.4 Å². The third-order valence-corrected chi connectivity index (χ3v) is 5.56. The molecule has 2 saturated heterocycles. The van der Waals surface area contributed by atoms with Crippen LogP contribution < -0.4 is 0 Å². The highest BCUT2D eigenvalue weighted by atomic mass is 16.5. The highest BCUT2D eigenvalue weighted by molar-refractivity contribution is 5.98. The summed E-state index contributed by atoms with van der Waals surface area (Å²) in [4.78, 5) is 19.0. The summed E-state index contributed by atoms with van der Waals surface area (Å²) in [6, 6.07) is 9.61. The zero-order valence-electron chi connectivity index (χ0n) is 15.3. The number of rotatable bonds is 5. The molecule has 1 aromatic heterocycles. The van der Waals surface area contributed by atoms with Gasteiger partial charge in [-0.15, -0.1) is 0 Å². The first-order valence-corrected chi connectivity index (χ1v) is 9.55. The molecular formula is C21H26N2O3. The third-order valence-electron chi connectivity index (χ3n) is 5.56. The molecule has 4 rings (SSSR count). The fourth-order valence-corrected chi connectivity index (χ4v) is 4.17. The van der Waals surface area contributed by atoms with Crippen LogP contribution in [0, 0.1) is 5.92 Å². The molecule has 2 aliphatic rings. The van der Waals surface area contributed by atoms with Crippen LogP contribution in [-0.4, -0.2) is 54.3 Å². The largest absolute Gasteiger partial charge is 0.382 e. The fraction of sp³-hybridized carbons (Fsp3) is 0.524. The van der Waals surface area contributed by atoms with Gasteiger partial charge in [0.2, 0.25) is 0 Å². The Morgan fingerprint density at radius 3 is 3.12 bits per heavy atom. The van der Waals surface area contributed by atoms with Crippen molar-refractivity contribution in [2.45, 2.75) is 31.8 Å². The highest BCUT2D eigenvalue weighted by Crippen LogP contribution is 2.38. The summed E-state index contributed by atoms with van der Waals surface area (Å²) in [5, 5.41) is 0.999. The molecule has 1 aromatic carbocycles. The van der Waals surface area contributed by atoms with E-state index in [1.165, 1.54) is 0 Å². The second kappa shape index (κ2) is 7.33. The van der Waals surface area contributed by atoms with Gasteiger partial charge in [-0.25, -0.2) is 0 Å². The van der Waals surface area contributed by atoms with Crippen LogP contribution in [0.1, 0.15) is 36.5 Å². The van der Waals surface area contributed by atoms with E-state index in [1.54, 1.807) is 6.20 Å². The summed E-state index contributed by atoms with van der Waals surface area (Å²) in [7, 11) is 0. The van der Waals surface area contributed by atoms with Crippen LogP contribution in [0.15, 0.2) is 36.5 Å². The molecule has 1 unspecified atom stereocenters. The first-order chi connectivity index (χ1) is 12.7. The Balaban J connectivity index is 1.37. The second-order valence-corrected chi connectivity index (χ2v) is 7.45. The summed E-state index contributed by atoms with van der Waals surface area (Å²) in [5.41, 5.74) is 1.50. The lowest BCUT2D eigenvalue weighted by Gasteiger charge is -2.53. The van der Waals surface area contributed by atoms with Crippen LogP contribution in [0.2, 0.25) is 0 Å². The number of carbonyl (C=O) groups is 1. The van der Waals surface area contributed by atoms with Gasteiger partial charge < -0.3 is 14.4 Å². The zero-order chi connectivity index (χ0) is 18.0. The van der Waals surface area contributed by atoms with E-state index in [-0.39, 0.29) is 11.5 Å². The summed E-state index contributed by atoms with van der Waals surface area (Å²) in [5.74, 6) is 0.723. The molecule has 0 bridgehead atoms. The van der Waals surface area contributed by atoms with Crippen molar-refractivity contribution in [3.8, 4) is 0 Å². The summed E-state index contributed by atoms with van der Waals surface area (Å²) < 4.78 is 11.6. The summed E-state index contributed by atoms with van der Waals surface area (Å²) >= 11 is 0. The molecule has 5 nitrogen and oxygen atoms in total. The molecule has 2 aromatic rings. The SMILES string of the molecule is CCOCCC1CCOC2(C1)CN(C(=O)c1ccc3ncccc3c1)C2. The molecule has 26 heavy (non-hydrogen) atoms. The summed E-state index contributed by atoms with van der Waals surface area (Å²) in [6.45, 7) is 5.82. The second-order valence-electron chi connectivity index (χ2n) is 7.45. The van der Waals surface area contributed by atoms with Gasteiger partial charge in [0.25, 0.3) is 5.91 Å². The van der Waals surface area contributed by atoms with E-state index in [0.717, 1.165) is 55.5 Å². The van der Waals surface area contributed by atoms with Gasteiger partial charge in [-0.2, -0.15) is 0 Å². The smallest absolute Gasteiger partial charge is 0.254 e. The van der Waals surface area contributed by atoms with Crippen LogP contribution in [-0.2, 0) is 9.47 Å². The van der Waals surface area contributed by atoms with Gasteiger partial charge >= 0.3 is 0 Å². The molecule has 138 valence electrons. The maximum absolute atomic E-state index is 12.8. The molecule has 2 aliphatic heterocycles. The molecule has 3 heterocycles. The van der Waals surface area contributed by atoms with Crippen molar-refractivity contribution in [3.63, 3.8) is 0 Å². The molecule has 1 spiro atoms. The lowest BCUT2D eigenvalue weighted by atomic mass is 9.79. The zero-order valence-corrected chi connectivity index (χ0v) is 15.3. The van der Waals surface area contributed by atoms with Crippen molar-refractivity contribution in [2.24, 2.45) is 5.92 Å². The van der Waals surface area contributed by atoms with Crippen LogP contribution in [0.5, 0.6) is 0 Å². The Labute approximate surface area is 154 Å². The van der Waals surface area contributed by atoms with Crippen molar-refractivity contribution in [3.05, 3.63) is 42.1 Å². The van der Waals surface area contributed by atoms with Crippen LogP contribution in [0.4, 0.5) is 0 Å². The van der Waals surface area contributed by atoms with E-state index in [2.05, 4.69) is 4.98 Å². The van der Waals surface area contributed by atoms with E-state index in [9.17, 15) is 4.79 Å². The minimum Gasteiger partial charge on any atom is -0.382 e. The molecule has 1 atom stereocenters. The number of ether oxygens (including phenoxy) is 2. The average molecular weight is 354 g/mol. The number of likely N-dealkylation sites (tertiary alicyclic amines) is 1. The molecule has 2 fully saturated rings. The Bertz CT molecular complexity index is 786. The van der Waals surface area contributed by atoms with E-state index in [4.69, 9.17) is 9.47 Å². The normalized spacial score (nSPS) is 21.7. The van der Waals surface area contributed by atoms with Crippen molar-refractivity contribution in [1.82, 2.24) is 9.88 Å². The monoisotopic (exact) mass is 354 g/mol. The summed E-state index contributed by atoms with van der Waals surface area (Å²) in [6.07, 6.45) is 4.99.